The van der Waals surface area contributed by atoms with E-state index in [9.17, 15) is 9.59 Å². The Morgan fingerprint density at radius 1 is 0.791 bits per heavy atom. The van der Waals surface area contributed by atoms with Gasteiger partial charge in [-0.15, -0.1) is 6.42 Å². The molecule has 4 rings (SSSR count). The van der Waals surface area contributed by atoms with Crippen LogP contribution >= 0.6 is 15.9 Å². The van der Waals surface area contributed by atoms with E-state index >= 15 is 0 Å². The maximum atomic E-state index is 11.4. The smallest absolute Gasteiger partial charge is 0.408 e. The Hall–Kier alpha value is -4.60. The maximum Gasteiger partial charge on any atom is 0.408 e. The highest BCUT2D eigenvalue weighted by Gasteiger charge is 2.15. The van der Waals surface area contributed by atoms with Crippen molar-refractivity contribution in [1.82, 2.24) is 20.6 Å². The van der Waals surface area contributed by atoms with Gasteiger partial charge >= 0.3 is 12.2 Å². The van der Waals surface area contributed by atoms with Crippen LogP contribution in [0, 0.1) is 24.2 Å². The van der Waals surface area contributed by atoms with Gasteiger partial charge in [-0.2, -0.15) is 0 Å². The lowest BCUT2D eigenvalue weighted by atomic mass is 10.2. The number of terminal acetylenes is 1. The highest BCUT2D eigenvalue weighted by Crippen LogP contribution is 2.16. The summed E-state index contributed by atoms with van der Waals surface area (Å²) < 4.78 is 11.0. The van der Waals surface area contributed by atoms with E-state index in [0.717, 1.165) is 26.5 Å². The van der Waals surface area contributed by atoms with E-state index in [1.165, 1.54) is 5.39 Å². The first kappa shape index (κ1) is 34.6. The van der Waals surface area contributed by atoms with Crippen LogP contribution in [0.2, 0.25) is 0 Å². The molecule has 0 aliphatic carbocycles. The summed E-state index contributed by atoms with van der Waals surface area (Å²) in [6.07, 6.45) is 7.51. The minimum atomic E-state index is -0.500. The SMILES string of the molecule is Brc1cnc2ccccc2c1.C#CCNC(=O)OC(C)(C)C.CC(C)(C)OC(=O)NCC#Cc1cnc2ccccc2c1. The number of benzene rings is 2. The number of pyridine rings is 2. The lowest BCUT2D eigenvalue weighted by molar-refractivity contribution is 0.0523. The van der Waals surface area contributed by atoms with Gasteiger partial charge in [-0.3, -0.25) is 9.97 Å². The average molecular weight is 646 g/mol. The first-order valence-corrected chi connectivity index (χ1v) is 14.3. The van der Waals surface area contributed by atoms with Crippen molar-refractivity contribution in [2.24, 2.45) is 0 Å². The number of ether oxygens (including phenoxy) is 2. The summed E-state index contributed by atoms with van der Waals surface area (Å²) in [6, 6.07) is 19.9. The van der Waals surface area contributed by atoms with Gasteiger partial charge in [-0.25, -0.2) is 9.59 Å². The van der Waals surface area contributed by atoms with E-state index < -0.39 is 23.4 Å². The molecular formula is C34H37BrN4O4. The molecule has 0 radical (unpaired) electrons. The number of aromatic nitrogens is 2. The molecule has 0 spiro atoms. The Kier molecular flexibility index (Phi) is 13.5. The molecule has 0 aliphatic rings. The number of nitrogens with one attached hydrogen (secondary N) is 2. The Labute approximate surface area is 262 Å². The molecular weight excluding hydrogens is 608 g/mol. The maximum absolute atomic E-state index is 11.4. The molecule has 2 heterocycles. The van der Waals surface area contributed by atoms with Gasteiger partial charge in [-0.1, -0.05) is 54.2 Å². The molecule has 4 aromatic rings. The molecule has 9 heteroatoms. The molecule has 43 heavy (non-hydrogen) atoms. The zero-order chi connectivity index (χ0) is 31.9. The Morgan fingerprint density at radius 3 is 1.81 bits per heavy atom. The van der Waals surface area contributed by atoms with Gasteiger partial charge in [0.15, 0.2) is 0 Å². The highest BCUT2D eigenvalue weighted by molar-refractivity contribution is 9.10. The van der Waals surface area contributed by atoms with Crippen molar-refractivity contribution in [2.45, 2.75) is 52.7 Å². The summed E-state index contributed by atoms with van der Waals surface area (Å²) in [5.41, 5.74) is 1.84. The van der Waals surface area contributed by atoms with Gasteiger partial charge in [0.2, 0.25) is 0 Å². The summed E-state index contributed by atoms with van der Waals surface area (Å²) in [4.78, 5) is 30.8. The van der Waals surface area contributed by atoms with Crippen LogP contribution in [-0.4, -0.2) is 46.4 Å². The van der Waals surface area contributed by atoms with Crippen LogP contribution in [0.15, 0.2) is 77.5 Å². The van der Waals surface area contributed by atoms with Crippen molar-refractivity contribution in [3.63, 3.8) is 0 Å². The normalized spacial score (nSPS) is 10.4. The number of carbonyl (C=O) groups excluding carboxylic acids is 2. The van der Waals surface area contributed by atoms with Crippen molar-refractivity contribution in [3.05, 3.63) is 83.1 Å². The monoisotopic (exact) mass is 644 g/mol. The Balaban J connectivity index is 0.000000247. The van der Waals surface area contributed by atoms with Gasteiger partial charge in [0.05, 0.1) is 24.1 Å². The minimum absolute atomic E-state index is 0.203. The van der Waals surface area contributed by atoms with Gasteiger partial charge in [0.1, 0.15) is 11.2 Å². The molecule has 2 amide bonds. The van der Waals surface area contributed by atoms with Crippen molar-refractivity contribution in [1.29, 1.82) is 0 Å². The minimum Gasteiger partial charge on any atom is -0.444 e. The van der Waals surface area contributed by atoms with Gasteiger partial charge < -0.3 is 20.1 Å². The van der Waals surface area contributed by atoms with Crippen LogP contribution in [0.1, 0.15) is 47.1 Å². The molecule has 0 atom stereocenters. The zero-order valence-electron chi connectivity index (χ0n) is 25.3. The summed E-state index contributed by atoms with van der Waals surface area (Å²) >= 11 is 3.37. The number of amides is 2. The van der Waals surface area contributed by atoms with Crippen LogP contribution in [0.5, 0.6) is 0 Å². The predicted molar refractivity (Wildman–Crippen MR) is 175 cm³/mol. The second kappa shape index (κ2) is 16.7. The zero-order valence-corrected chi connectivity index (χ0v) is 26.9. The summed E-state index contributed by atoms with van der Waals surface area (Å²) in [7, 11) is 0. The quantitative estimate of drug-likeness (QED) is 0.223. The first-order chi connectivity index (χ1) is 20.3. The topological polar surface area (TPSA) is 102 Å². The van der Waals surface area contributed by atoms with E-state index in [1.54, 1.807) is 27.0 Å². The van der Waals surface area contributed by atoms with E-state index in [0.29, 0.717) is 0 Å². The fourth-order valence-corrected chi connectivity index (χ4v) is 3.55. The number of para-hydroxylation sites is 2. The molecule has 0 bridgehead atoms. The molecule has 2 aromatic carbocycles. The van der Waals surface area contributed by atoms with E-state index in [-0.39, 0.29) is 13.1 Å². The predicted octanol–water partition coefficient (Wildman–Crippen LogP) is 7.25. The third-order valence-electron chi connectivity index (χ3n) is 4.83. The average Bonchev–Trinajstić information content (AvgIpc) is 2.93. The molecule has 8 nitrogen and oxygen atoms in total. The number of alkyl carbamates (subject to hydrolysis) is 2. The number of hydrogen-bond donors (Lipinski definition) is 2. The van der Waals surface area contributed by atoms with Crippen LogP contribution in [-0.2, 0) is 9.47 Å². The molecule has 0 saturated heterocycles. The molecule has 2 aromatic heterocycles. The van der Waals surface area contributed by atoms with Crippen molar-refractivity contribution < 1.29 is 19.1 Å². The third-order valence-corrected chi connectivity index (χ3v) is 5.27. The second-order valence-electron chi connectivity index (χ2n) is 11.0. The van der Waals surface area contributed by atoms with Crippen LogP contribution in [0.4, 0.5) is 9.59 Å². The lowest BCUT2D eigenvalue weighted by Crippen LogP contribution is -2.32. The van der Waals surface area contributed by atoms with Crippen LogP contribution in [0.3, 0.4) is 0 Å². The summed E-state index contributed by atoms with van der Waals surface area (Å²) in [6.45, 7) is 11.3. The lowest BCUT2D eigenvalue weighted by Gasteiger charge is -2.19. The Morgan fingerprint density at radius 2 is 1.28 bits per heavy atom. The summed E-state index contributed by atoms with van der Waals surface area (Å²) in [5, 5.41) is 7.20. The van der Waals surface area contributed by atoms with Crippen LogP contribution in [0.25, 0.3) is 21.8 Å². The number of rotatable bonds is 2. The number of carbonyl (C=O) groups is 2. The van der Waals surface area contributed by atoms with E-state index in [1.807, 2.05) is 81.6 Å². The molecule has 2 N–H and O–H groups in total. The third kappa shape index (κ3) is 14.7. The van der Waals surface area contributed by atoms with Gasteiger partial charge in [-0.05, 0) is 81.7 Å². The number of halogens is 1. The molecule has 0 fully saturated rings. The number of fused-ring (bicyclic) bond motifs is 2. The summed E-state index contributed by atoms with van der Waals surface area (Å²) in [5.74, 6) is 8.13. The number of nitrogens with zero attached hydrogens (tertiary/aromatic N) is 2. The largest absolute Gasteiger partial charge is 0.444 e. The van der Waals surface area contributed by atoms with Gasteiger partial charge in [0.25, 0.3) is 0 Å². The molecule has 0 unspecified atom stereocenters. The first-order valence-electron chi connectivity index (χ1n) is 13.5. The van der Waals surface area contributed by atoms with Crippen molar-refractivity contribution >= 4 is 49.9 Å². The fourth-order valence-electron chi connectivity index (χ4n) is 3.20. The standard InChI is InChI=1S/C17H18N2O2.C9H6BrN.C8H13NO2/c1-17(2,3)21-16(20)18-10-6-7-13-11-14-8-4-5-9-15(14)19-12-13;10-8-5-7-3-1-2-4-9(7)11-6-8;1-5-6-9-7(10)11-8(2,3)4/h4-5,8-9,11-12H,10H2,1-3H3,(H,18,20);1-6H;1H,6H2,2-4H3,(H,9,10). The molecule has 0 saturated carbocycles. The van der Waals surface area contributed by atoms with Crippen LogP contribution < -0.4 is 10.6 Å². The highest BCUT2D eigenvalue weighted by atomic mass is 79.9. The number of hydrogen-bond acceptors (Lipinski definition) is 6. The van der Waals surface area contributed by atoms with Crippen molar-refractivity contribution in [2.75, 3.05) is 13.1 Å². The van der Waals surface area contributed by atoms with E-state index in [2.05, 4.69) is 60.4 Å². The second-order valence-corrected chi connectivity index (χ2v) is 11.9. The van der Waals surface area contributed by atoms with Crippen molar-refractivity contribution in [3.8, 4) is 24.2 Å². The van der Waals surface area contributed by atoms with E-state index in [4.69, 9.17) is 15.9 Å². The van der Waals surface area contributed by atoms with Gasteiger partial charge in [0, 0.05) is 33.2 Å². The molecule has 0 aliphatic heterocycles. The molecule has 224 valence electrons. The fraction of sp³-hybridized carbons (Fsp3) is 0.294. The Bertz CT molecular complexity index is 1620.